The molecule has 0 aromatic heterocycles. The van der Waals surface area contributed by atoms with Crippen LogP contribution in [0, 0.1) is 5.92 Å². The van der Waals surface area contributed by atoms with Gasteiger partial charge in [-0.1, -0.05) is 12.2 Å². The molecule has 15 heavy (non-hydrogen) atoms. The van der Waals surface area contributed by atoms with Crippen molar-refractivity contribution in [3.8, 4) is 0 Å². The fourth-order valence-electron chi connectivity index (χ4n) is 2.37. The zero-order chi connectivity index (χ0) is 10.5. The molecule has 0 aromatic rings. The molecule has 1 aliphatic carbocycles. The van der Waals surface area contributed by atoms with Crippen LogP contribution in [0.5, 0.6) is 0 Å². The molecule has 3 heteroatoms. The fraction of sp³-hybridized carbons (Fsp3) is 0.750. The van der Waals surface area contributed by atoms with Crippen LogP contribution in [0.25, 0.3) is 0 Å². The van der Waals surface area contributed by atoms with Gasteiger partial charge in [-0.05, 0) is 38.1 Å². The summed E-state index contributed by atoms with van der Waals surface area (Å²) in [5.74, 6) is 0.710. The summed E-state index contributed by atoms with van der Waals surface area (Å²) in [6.45, 7) is 2.03. The lowest BCUT2D eigenvalue weighted by atomic mass is 10.0. The van der Waals surface area contributed by atoms with E-state index in [0.717, 1.165) is 32.4 Å². The van der Waals surface area contributed by atoms with Crippen LogP contribution in [0.15, 0.2) is 12.2 Å². The van der Waals surface area contributed by atoms with Crippen LogP contribution in [0.1, 0.15) is 32.1 Å². The van der Waals surface area contributed by atoms with Gasteiger partial charge in [0.1, 0.15) is 0 Å². The Morgan fingerprint density at radius 1 is 1.47 bits per heavy atom. The maximum atomic E-state index is 11.7. The van der Waals surface area contributed by atoms with Crippen LogP contribution in [0.3, 0.4) is 0 Å². The minimum atomic E-state index is 0.222. The van der Waals surface area contributed by atoms with E-state index >= 15 is 0 Å². The lowest BCUT2D eigenvalue weighted by Crippen LogP contribution is -2.45. The predicted molar refractivity (Wildman–Crippen MR) is 60.5 cm³/mol. The molecule has 0 bridgehead atoms. The molecule has 84 valence electrons. The van der Waals surface area contributed by atoms with Crippen LogP contribution >= 0.6 is 0 Å². The highest BCUT2D eigenvalue weighted by atomic mass is 16.1. The molecular weight excluding hydrogens is 188 g/mol. The van der Waals surface area contributed by atoms with Gasteiger partial charge in [0.05, 0.1) is 0 Å². The van der Waals surface area contributed by atoms with Crippen LogP contribution in [0.2, 0.25) is 0 Å². The zero-order valence-corrected chi connectivity index (χ0v) is 9.17. The summed E-state index contributed by atoms with van der Waals surface area (Å²) in [5, 5.41) is 6.42. The van der Waals surface area contributed by atoms with E-state index in [1.165, 1.54) is 6.42 Å². The number of nitrogens with one attached hydrogen (secondary N) is 2. The van der Waals surface area contributed by atoms with Crippen LogP contribution in [-0.4, -0.2) is 25.0 Å². The van der Waals surface area contributed by atoms with Crippen molar-refractivity contribution in [2.75, 3.05) is 13.1 Å². The quantitative estimate of drug-likeness (QED) is 0.684. The normalized spacial score (nSPS) is 30.4. The smallest absolute Gasteiger partial charge is 0.220 e. The van der Waals surface area contributed by atoms with Gasteiger partial charge in [0.15, 0.2) is 0 Å². The van der Waals surface area contributed by atoms with Crippen LogP contribution in [0.4, 0.5) is 0 Å². The molecule has 0 saturated carbocycles. The second-order valence-corrected chi connectivity index (χ2v) is 4.58. The molecule has 1 amide bonds. The molecule has 0 spiro atoms. The van der Waals surface area contributed by atoms with Crippen LogP contribution < -0.4 is 10.6 Å². The standard InChI is InChI=1S/C12H20N2O/c15-12(8-10-4-1-2-5-10)14-11-6-3-7-13-9-11/h1,4,10-11,13H,2-3,5-9H2,(H,14,15)/t10?,11-/m0/s1. The first-order valence-corrected chi connectivity index (χ1v) is 6.01. The lowest BCUT2D eigenvalue weighted by Gasteiger charge is -2.24. The second kappa shape index (κ2) is 5.31. The van der Waals surface area contributed by atoms with Gasteiger partial charge >= 0.3 is 0 Å². The van der Waals surface area contributed by atoms with Gasteiger partial charge in [-0.3, -0.25) is 4.79 Å². The van der Waals surface area contributed by atoms with Crippen molar-refractivity contribution in [3.05, 3.63) is 12.2 Å². The highest BCUT2D eigenvalue weighted by Crippen LogP contribution is 2.20. The Balaban J connectivity index is 1.69. The van der Waals surface area contributed by atoms with Gasteiger partial charge in [-0.2, -0.15) is 0 Å². The first-order valence-electron chi connectivity index (χ1n) is 6.01. The molecule has 0 aromatic carbocycles. The topological polar surface area (TPSA) is 41.1 Å². The van der Waals surface area contributed by atoms with E-state index in [1.54, 1.807) is 0 Å². The lowest BCUT2D eigenvalue weighted by molar-refractivity contribution is -0.122. The number of allylic oxidation sites excluding steroid dienone is 2. The second-order valence-electron chi connectivity index (χ2n) is 4.58. The van der Waals surface area contributed by atoms with Crippen LogP contribution in [-0.2, 0) is 4.79 Å². The van der Waals surface area contributed by atoms with Crippen molar-refractivity contribution in [1.29, 1.82) is 0 Å². The van der Waals surface area contributed by atoms with E-state index in [2.05, 4.69) is 22.8 Å². The summed E-state index contributed by atoms with van der Waals surface area (Å²) in [4.78, 5) is 11.7. The summed E-state index contributed by atoms with van der Waals surface area (Å²) < 4.78 is 0. The van der Waals surface area contributed by atoms with Gasteiger partial charge in [0, 0.05) is 19.0 Å². The molecule has 1 saturated heterocycles. The molecular formula is C12H20N2O. The van der Waals surface area contributed by atoms with E-state index in [-0.39, 0.29) is 5.91 Å². The van der Waals surface area contributed by atoms with Crippen molar-refractivity contribution < 1.29 is 4.79 Å². The Hall–Kier alpha value is -0.830. The minimum Gasteiger partial charge on any atom is -0.352 e. The Kier molecular flexibility index (Phi) is 3.78. The van der Waals surface area contributed by atoms with Gasteiger partial charge in [0.25, 0.3) is 0 Å². The third kappa shape index (κ3) is 3.34. The molecule has 2 N–H and O–H groups in total. The molecule has 3 nitrogen and oxygen atoms in total. The van der Waals surface area contributed by atoms with E-state index in [1.807, 2.05) is 0 Å². The fourth-order valence-corrected chi connectivity index (χ4v) is 2.37. The highest BCUT2D eigenvalue weighted by Gasteiger charge is 2.18. The van der Waals surface area contributed by atoms with E-state index in [9.17, 15) is 4.79 Å². The third-order valence-corrected chi connectivity index (χ3v) is 3.22. The molecule has 2 rings (SSSR count). The highest BCUT2D eigenvalue weighted by molar-refractivity contribution is 5.76. The average Bonchev–Trinajstić information content (AvgIpc) is 2.71. The minimum absolute atomic E-state index is 0.222. The maximum Gasteiger partial charge on any atom is 0.220 e. The third-order valence-electron chi connectivity index (χ3n) is 3.22. The maximum absolute atomic E-state index is 11.7. The van der Waals surface area contributed by atoms with Gasteiger partial charge in [-0.15, -0.1) is 0 Å². The molecule has 0 radical (unpaired) electrons. The number of hydrogen-bond acceptors (Lipinski definition) is 2. The van der Waals surface area contributed by atoms with Crippen molar-refractivity contribution in [2.45, 2.75) is 38.1 Å². The number of piperidine rings is 1. The number of carbonyl (C=O) groups excluding carboxylic acids is 1. The van der Waals surface area contributed by atoms with Crippen molar-refractivity contribution in [2.24, 2.45) is 5.92 Å². The van der Waals surface area contributed by atoms with E-state index < -0.39 is 0 Å². The largest absolute Gasteiger partial charge is 0.352 e. The van der Waals surface area contributed by atoms with Gasteiger partial charge in [-0.25, -0.2) is 0 Å². The molecule has 1 fully saturated rings. The van der Waals surface area contributed by atoms with Crippen molar-refractivity contribution >= 4 is 5.91 Å². The number of carbonyl (C=O) groups is 1. The summed E-state index contributed by atoms with van der Waals surface area (Å²) >= 11 is 0. The van der Waals surface area contributed by atoms with Crippen molar-refractivity contribution in [3.63, 3.8) is 0 Å². The summed E-state index contributed by atoms with van der Waals surface area (Å²) in [6, 6.07) is 0.358. The molecule has 2 atom stereocenters. The van der Waals surface area contributed by atoms with Gasteiger partial charge < -0.3 is 10.6 Å². The van der Waals surface area contributed by atoms with E-state index in [0.29, 0.717) is 18.4 Å². The molecule has 2 aliphatic rings. The van der Waals surface area contributed by atoms with Crippen molar-refractivity contribution in [1.82, 2.24) is 10.6 Å². The Bertz CT molecular complexity index is 244. The predicted octanol–water partition coefficient (Wildman–Crippen LogP) is 1.21. The molecule has 1 unspecified atom stereocenters. The summed E-state index contributed by atoms with van der Waals surface area (Å²) in [6.07, 6.45) is 9.62. The number of amides is 1. The Labute approximate surface area is 91.3 Å². The first-order chi connectivity index (χ1) is 7.34. The monoisotopic (exact) mass is 208 g/mol. The van der Waals surface area contributed by atoms with E-state index in [4.69, 9.17) is 0 Å². The zero-order valence-electron chi connectivity index (χ0n) is 9.17. The average molecular weight is 208 g/mol. The molecule has 1 aliphatic heterocycles. The first kappa shape index (κ1) is 10.7. The van der Waals surface area contributed by atoms with Gasteiger partial charge in [0.2, 0.25) is 5.91 Å². The SMILES string of the molecule is O=C(CC1C=CCC1)N[C@H]1CCCNC1. The summed E-state index contributed by atoms with van der Waals surface area (Å²) in [7, 11) is 0. The Morgan fingerprint density at radius 2 is 2.40 bits per heavy atom. The number of hydrogen-bond donors (Lipinski definition) is 2. The Morgan fingerprint density at radius 3 is 3.07 bits per heavy atom. The number of rotatable bonds is 3. The molecule has 1 heterocycles. The summed E-state index contributed by atoms with van der Waals surface area (Å²) in [5.41, 5.74) is 0.